The van der Waals surface area contributed by atoms with Gasteiger partial charge in [-0.05, 0) is 12.1 Å². The normalized spacial score (nSPS) is 15.3. The average molecular weight is 404 g/mol. The van der Waals surface area contributed by atoms with Crippen LogP contribution in [0.5, 0.6) is 0 Å². The Labute approximate surface area is 156 Å². The van der Waals surface area contributed by atoms with E-state index in [9.17, 15) is 22.4 Å². The van der Waals surface area contributed by atoms with Crippen LogP contribution < -0.4 is 10.7 Å². The summed E-state index contributed by atoms with van der Waals surface area (Å²) in [5.41, 5.74) is 0.481. The van der Waals surface area contributed by atoms with Crippen molar-refractivity contribution in [2.75, 3.05) is 42.7 Å². The van der Waals surface area contributed by atoms with Gasteiger partial charge >= 0.3 is 6.18 Å². The molecule has 0 saturated carbocycles. The SMILES string of the molecule is Nn1c(SCC(=O)N2CCN(c3ccccc3F)CC2)nnc1C(F)(F)F. The van der Waals surface area contributed by atoms with Gasteiger partial charge in [-0.25, -0.2) is 9.07 Å². The highest BCUT2D eigenvalue weighted by atomic mass is 32.2. The lowest BCUT2D eigenvalue weighted by atomic mass is 10.2. The number of carbonyl (C=O) groups is 1. The number of amides is 1. The molecule has 1 aliphatic heterocycles. The van der Waals surface area contributed by atoms with E-state index in [1.165, 1.54) is 6.07 Å². The van der Waals surface area contributed by atoms with Crippen molar-refractivity contribution in [1.82, 2.24) is 19.8 Å². The highest BCUT2D eigenvalue weighted by Crippen LogP contribution is 2.29. The monoisotopic (exact) mass is 404 g/mol. The van der Waals surface area contributed by atoms with E-state index in [1.54, 1.807) is 23.1 Å². The van der Waals surface area contributed by atoms with Gasteiger partial charge < -0.3 is 15.6 Å². The van der Waals surface area contributed by atoms with Gasteiger partial charge in [0.25, 0.3) is 5.82 Å². The molecule has 2 heterocycles. The Balaban J connectivity index is 1.53. The molecule has 1 saturated heterocycles. The Morgan fingerprint density at radius 1 is 1.15 bits per heavy atom. The molecule has 27 heavy (non-hydrogen) atoms. The zero-order chi connectivity index (χ0) is 19.6. The van der Waals surface area contributed by atoms with Gasteiger partial charge in [0, 0.05) is 26.2 Å². The minimum Gasteiger partial charge on any atom is -0.366 e. The van der Waals surface area contributed by atoms with Crippen molar-refractivity contribution in [1.29, 1.82) is 0 Å². The number of nitrogens with zero attached hydrogens (tertiary/aromatic N) is 5. The molecule has 1 aromatic heterocycles. The fraction of sp³-hybridized carbons (Fsp3) is 0.400. The Bertz CT molecular complexity index is 819. The molecule has 0 aliphatic carbocycles. The molecule has 7 nitrogen and oxygen atoms in total. The predicted molar refractivity (Wildman–Crippen MR) is 91.1 cm³/mol. The number of alkyl halides is 3. The molecule has 146 valence electrons. The summed E-state index contributed by atoms with van der Waals surface area (Å²) < 4.78 is 52.1. The molecular formula is C15H16F4N6OS. The van der Waals surface area contributed by atoms with Gasteiger partial charge in [0.15, 0.2) is 0 Å². The van der Waals surface area contributed by atoms with Crippen molar-refractivity contribution in [3.8, 4) is 0 Å². The molecule has 0 radical (unpaired) electrons. The molecule has 0 spiro atoms. The highest BCUT2D eigenvalue weighted by molar-refractivity contribution is 7.99. The van der Waals surface area contributed by atoms with Crippen LogP contribution in [-0.4, -0.2) is 57.6 Å². The third kappa shape index (κ3) is 4.26. The molecule has 1 aromatic carbocycles. The van der Waals surface area contributed by atoms with Crippen molar-refractivity contribution >= 4 is 23.4 Å². The Hall–Kier alpha value is -2.50. The molecule has 0 bridgehead atoms. The van der Waals surface area contributed by atoms with E-state index in [1.807, 2.05) is 4.90 Å². The van der Waals surface area contributed by atoms with Crippen LogP contribution in [0.3, 0.4) is 0 Å². The van der Waals surface area contributed by atoms with Crippen LogP contribution in [0.1, 0.15) is 5.82 Å². The van der Waals surface area contributed by atoms with Crippen molar-refractivity contribution in [3.05, 3.63) is 35.9 Å². The van der Waals surface area contributed by atoms with Crippen LogP contribution in [0.2, 0.25) is 0 Å². The van der Waals surface area contributed by atoms with Crippen LogP contribution >= 0.6 is 11.8 Å². The van der Waals surface area contributed by atoms with Crippen LogP contribution in [0, 0.1) is 5.82 Å². The van der Waals surface area contributed by atoms with Gasteiger partial charge in [-0.15, -0.1) is 10.2 Å². The third-order valence-electron chi connectivity index (χ3n) is 4.07. The maximum Gasteiger partial charge on any atom is 0.453 e. The number of para-hydroxylation sites is 1. The first kappa shape index (κ1) is 19.3. The second-order valence-electron chi connectivity index (χ2n) is 5.78. The first-order chi connectivity index (χ1) is 12.8. The standard InChI is InChI=1S/C15H16F4N6OS/c16-10-3-1-2-4-11(10)23-5-7-24(8-6-23)12(26)9-27-14-22-21-13(25(14)20)15(17,18)19/h1-4H,5-9,20H2. The number of hydrogen-bond acceptors (Lipinski definition) is 6. The number of nitrogen functional groups attached to an aromatic ring is 1. The maximum atomic E-state index is 13.8. The van der Waals surface area contributed by atoms with Gasteiger partial charge in [-0.1, -0.05) is 23.9 Å². The summed E-state index contributed by atoms with van der Waals surface area (Å²) in [5.74, 6) is 3.31. The lowest BCUT2D eigenvalue weighted by Gasteiger charge is -2.36. The van der Waals surface area contributed by atoms with Crippen molar-refractivity contribution in [2.24, 2.45) is 0 Å². The molecule has 2 N–H and O–H groups in total. The van der Waals surface area contributed by atoms with E-state index in [-0.39, 0.29) is 22.6 Å². The fourth-order valence-electron chi connectivity index (χ4n) is 2.69. The minimum absolute atomic E-state index is 0.118. The number of rotatable bonds is 4. The van der Waals surface area contributed by atoms with Crippen molar-refractivity contribution in [3.63, 3.8) is 0 Å². The largest absolute Gasteiger partial charge is 0.453 e. The molecule has 1 fully saturated rings. The zero-order valence-corrected chi connectivity index (χ0v) is 14.8. The van der Waals surface area contributed by atoms with Gasteiger partial charge in [0.05, 0.1) is 11.4 Å². The van der Waals surface area contributed by atoms with Crippen LogP contribution in [-0.2, 0) is 11.0 Å². The van der Waals surface area contributed by atoms with Gasteiger partial charge in [0.2, 0.25) is 11.1 Å². The van der Waals surface area contributed by atoms with Gasteiger partial charge in [-0.2, -0.15) is 13.2 Å². The smallest absolute Gasteiger partial charge is 0.366 e. The summed E-state index contributed by atoms with van der Waals surface area (Å²) in [6.07, 6.45) is -4.71. The number of anilines is 1. The minimum atomic E-state index is -4.71. The van der Waals surface area contributed by atoms with Crippen LogP contribution in [0.25, 0.3) is 0 Å². The second-order valence-corrected chi connectivity index (χ2v) is 6.72. The summed E-state index contributed by atoms with van der Waals surface area (Å²) in [5, 5.41) is 6.18. The van der Waals surface area contributed by atoms with E-state index < -0.39 is 12.0 Å². The molecule has 0 atom stereocenters. The molecule has 1 aliphatic rings. The van der Waals surface area contributed by atoms with Crippen LogP contribution in [0.15, 0.2) is 29.4 Å². The van der Waals surface area contributed by atoms with Gasteiger partial charge in [-0.3, -0.25) is 4.79 Å². The second kappa shape index (κ2) is 7.62. The Morgan fingerprint density at radius 3 is 2.41 bits per heavy atom. The molecule has 0 unspecified atom stereocenters. The molecule has 2 aromatic rings. The Kier molecular flexibility index (Phi) is 5.44. The number of piperazine rings is 1. The number of carbonyl (C=O) groups excluding carboxylic acids is 1. The van der Waals surface area contributed by atoms with Gasteiger partial charge in [0.1, 0.15) is 5.82 Å². The summed E-state index contributed by atoms with van der Waals surface area (Å²) in [6, 6.07) is 6.40. The Morgan fingerprint density at radius 2 is 1.81 bits per heavy atom. The fourth-order valence-corrected chi connectivity index (χ4v) is 3.45. The summed E-state index contributed by atoms with van der Waals surface area (Å²) in [7, 11) is 0. The molecular weight excluding hydrogens is 388 g/mol. The first-order valence-electron chi connectivity index (χ1n) is 7.95. The number of thioether (sulfide) groups is 1. The number of benzene rings is 1. The van der Waals surface area contributed by atoms with E-state index in [2.05, 4.69) is 10.2 Å². The van der Waals surface area contributed by atoms with E-state index in [0.717, 1.165) is 11.8 Å². The number of halogens is 4. The quantitative estimate of drug-likeness (QED) is 0.474. The summed E-state index contributed by atoms with van der Waals surface area (Å²) in [4.78, 5) is 15.7. The number of hydrogen-bond donors (Lipinski definition) is 1. The zero-order valence-electron chi connectivity index (χ0n) is 14.0. The molecule has 12 heteroatoms. The first-order valence-corrected chi connectivity index (χ1v) is 8.93. The van der Waals surface area contributed by atoms with E-state index >= 15 is 0 Å². The topological polar surface area (TPSA) is 80.3 Å². The third-order valence-corrected chi connectivity index (χ3v) is 5.00. The average Bonchev–Trinajstić information content (AvgIpc) is 3.01. The number of aromatic nitrogens is 3. The van der Waals surface area contributed by atoms with Crippen LogP contribution in [0.4, 0.5) is 23.2 Å². The predicted octanol–water partition coefficient (Wildman–Crippen LogP) is 1.59. The lowest BCUT2D eigenvalue weighted by Crippen LogP contribution is -2.49. The summed E-state index contributed by atoms with van der Waals surface area (Å²) in [6.45, 7) is 1.69. The summed E-state index contributed by atoms with van der Waals surface area (Å²) >= 11 is 0.785. The van der Waals surface area contributed by atoms with E-state index in [4.69, 9.17) is 5.84 Å². The number of nitrogens with two attached hydrogens (primary N) is 1. The molecule has 3 rings (SSSR count). The lowest BCUT2D eigenvalue weighted by molar-refractivity contribution is -0.146. The highest BCUT2D eigenvalue weighted by Gasteiger charge is 2.38. The van der Waals surface area contributed by atoms with E-state index in [0.29, 0.717) is 36.5 Å². The van der Waals surface area contributed by atoms with Crippen molar-refractivity contribution < 1.29 is 22.4 Å². The maximum absolute atomic E-state index is 13.8. The van der Waals surface area contributed by atoms with Crippen molar-refractivity contribution in [2.45, 2.75) is 11.3 Å². The molecule has 1 amide bonds.